The molecule has 26 heavy (non-hydrogen) atoms. The molecule has 6 nitrogen and oxygen atoms in total. The topological polar surface area (TPSA) is 65.4 Å². The molecule has 0 saturated carbocycles. The highest BCUT2D eigenvalue weighted by molar-refractivity contribution is 5.46. The second-order valence-corrected chi connectivity index (χ2v) is 6.26. The summed E-state index contributed by atoms with van der Waals surface area (Å²) in [6.07, 6.45) is 3.30. The molecule has 132 valence electrons. The number of rotatable bonds is 4. The van der Waals surface area contributed by atoms with Crippen LogP contribution in [-0.2, 0) is 6.54 Å². The molecule has 1 aliphatic rings. The van der Waals surface area contributed by atoms with E-state index in [9.17, 15) is 4.79 Å². The van der Waals surface area contributed by atoms with Gasteiger partial charge in [0.15, 0.2) is 17.3 Å². The molecule has 0 bridgehead atoms. The zero-order chi connectivity index (χ0) is 18.1. The van der Waals surface area contributed by atoms with Gasteiger partial charge in [0, 0.05) is 24.6 Å². The number of hydrogen-bond donors (Lipinski definition) is 1. The number of aromatic nitrogens is 2. The fraction of sp³-hybridized carbons (Fsp3) is 0.200. The molecule has 1 aromatic heterocycles. The molecule has 0 radical (unpaired) electrons. The van der Waals surface area contributed by atoms with Crippen molar-refractivity contribution in [3.63, 3.8) is 0 Å². The maximum Gasteiger partial charge on any atom is 0.297 e. The Morgan fingerprint density at radius 2 is 1.92 bits per heavy atom. The number of nitrogens with one attached hydrogen (secondary N) is 1. The zero-order valence-electron chi connectivity index (χ0n) is 14.7. The molecule has 4 rings (SSSR count). The van der Waals surface area contributed by atoms with E-state index in [2.05, 4.69) is 10.3 Å². The molecule has 0 saturated heterocycles. The predicted octanol–water partition coefficient (Wildman–Crippen LogP) is 3.19. The number of nitrogens with zero attached hydrogens (tertiary/aromatic N) is 2. The average molecular weight is 349 g/mol. The standard InChI is InChI=1S/C20H19N3O3/c1-13-3-5-16(9-14(13)2)23-8-7-21-19(20(23)24)22-11-15-4-6-17-18(10-15)26-12-25-17/h3-10H,11-12H2,1-2H3,(H,21,22). The fourth-order valence-electron chi connectivity index (χ4n) is 2.85. The second-order valence-electron chi connectivity index (χ2n) is 6.26. The maximum atomic E-state index is 12.8. The summed E-state index contributed by atoms with van der Waals surface area (Å²) in [6.45, 7) is 4.79. The van der Waals surface area contributed by atoms with Crippen molar-refractivity contribution in [2.24, 2.45) is 0 Å². The van der Waals surface area contributed by atoms with E-state index in [-0.39, 0.29) is 12.4 Å². The van der Waals surface area contributed by atoms with E-state index in [1.54, 1.807) is 17.0 Å². The summed E-state index contributed by atoms with van der Waals surface area (Å²) in [4.78, 5) is 17.0. The van der Waals surface area contributed by atoms with Crippen LogP contribution in [-0.4, -0.2) is 16.3 Å². The molecule has 2 aromatic carbocycles. The van der Waals surface area contributed by atoms with E-state index < -0.39 is 0 Å². The number of benzene rings is 2. The van der Waals surface area contributed by atoms with Crippen LogP contribution in [0.3, 0.4) is 0 Å². The van der Waals surface area contributed by atoms with E-state index >= 15 is 0 Å². The van der Waals surface area contributed by atoms with E-state index in [0.29, 0.717) is 12.4 Å². The lowest BCUT2D eigenvalue weighted by molar-refractivity contribution is 0.174. The van der Waals surface area contributed by atoms with Gasteiger partial charge in [0.05, 0.1) is 0 Å². The third-order valence-electron chi connectivity index (χ3n) is 4.51. The summed E-state index contributed by atoms with van der Waals surface area (Å²) in [6, 6.07) is 11.7. The molecule has 1 N–H and O–H groups in total. The highest BCUT2D eigenvalue weighted by atomic mass is 16.7. The average Bonchev–Trinajstić information content (AvgIpc) is 3.11. The van der Waals surface area contributed by atoms with Crippen LogP contribution in [0.2, 0.25) is 0 Å². The summed E-state index contributed by atoms with van der Waals surface area (Å²) in [5.41, 5.74) is 3.96. The Bertz CT molecular complexity index is 1030. The Morgan fingerprint density at radius 3 is 2.77 bits per heavy atom. The van der Waals surface area contributed by atoms with Gasteiger partial charge in [-0.3, -0.25) is 9.36 Å². The Labute approximate surface area is 151 Å². The predicted molar refractivity (Wildman–Crippen MR) is 99.2 cm³/mol. The molecule has 0 atom stereocenters. The summed E-state index contributed by atoms with van der Waals surface area (Å²) in [5, 5.41) is 3.12. The molecular weight excluding hydrogens is 330 g/mol. The molecule has 0 spiro atoms. The van der Waals surface area contributed by atoms with Gasteiger partial charge in [0.2, 0.25) is 6.79 Å². The van der Waals surface area contributed by atoms with Crippen LogP contribution in [0.5, 0.6) is 11.5 Å². The van der Waals surface area contributed by atoms with Crippen LogP contribution in [0.25, 0.3) is 5.69 Å². The third kappa shape index (κ3) is 3.01. The lowest BCUT2D eigenvalue weighted by Crippen LogP contribution is -2.23. The normalized spacial score (nSPS) is 12.2. The van der Waals surface area contributed by atoms with Crippen LogP contribution in [0.1, 0.15) is 16.7 Å². The van der Waals surface area contributed by atoms with Crippen molar-refractivity contribution in [3.05, 3.63) is 75.8 Å². The smallest absolute Gasteiger partial charge is 0.297 e. The first-order valence-corrected chi connectivity index (χ1v) is 8.39. The largest absolute Gasteiger partial charge is 0.454 e. The minimum Gasteiger partial charge on any atom is -0.454 e. The van der Waals surface area contributed by atoms with Crippen molar-refractivity contribution in [1.82, 2.24) is 9.55 Å². The third-order valence-corrected chi connectivity index (χ3v) is 4.51. The first-order chi connectivity index (χ1) is 12.6. The van der Waals surface area contributed by atoms with Crippen LogP contribution in [0, 0.1) is 13.8 Å². The molecule has 0 aliphatic carbocycles. The van der Waals surface area contributed by atoms with E-state index in [4.69, 9.17) is 9.47 Å². The molecule has 2 heterocycles. The van der Waals surface area contributed by atoms with E-state index in [1.807, 2.05) is 50.2 Å². The van der Waals surface area contributed by atoms with Gasteiger partial charge in [-0.1, -0.05) is 12.1 Å². The van der Waals surface area contributed by atoms with Crippen molar-refractivity contribution < 1.29 is 9.47 Å². The molecule has 6 heteroatoms. The first-order valence-electron chi connectivity index (χ1n) is 8.39. The minimum atomic E-state index is -0.184. The SMILES string of the molecule is Cc1ccc(-n2ccnc(NCc3ccc4c(c3)OCO4)c2=O)cc1C. The van der Waals surface area contributed by atoms with Crippen molar-refractivity contribution in [2.75, 3.05) is 12.1 Å². The van der Waals surface area contributed by atoms with Gasteiger partial charge in [-0.15, -0.1) is 0 Å². The van der Waals surface area contributed by atoms with Gasteiger partial charge in [0.1, 0.15) is 0 Å². The van der Waals surface area contributed by atoms with Crippen LogP contribution in [0.15, 0.2) is 53.6 Å². The number of hydrogen-bond acceptors (Lipinski definition) is 5. The first kappa shape index (κ1) is 16.2. The summed E-state index contributed by atoms with van der Waals surface area (Å²) >= 11 is 0. The van der Waals surface area contributed by atoms with Crippen LogP contribution in [0.4, 0.5) is 5.82 Å². The molecule has 0 unspecified atom stereocenters. The lowest BCUT2D eigenvalue weighted by atomic mass is 10.1. The number of ether oxygens (including phenoxy) is 2. The Kier molecular flexibility index (Phi) is 4.08. The number of aryl methyl sites for hydroxylation is 2. The highest BCUT2D eigenvalue weighted by Crippen LogP contribution is 2.32. The molecular formula is C20H19N3O3. The van der Waals surface area contributed by atoms with Crippen molar-refractivity contribution in [1.29, 1.82) is 0 Å². The van der Waals surface area contributed by atoms with E-state index in [0.717, 1.165) is 28.3 Å². The summed E-state index contributed by atoms with van der Waals surface area (Å²) < 4.78 is 12.3. The van der Waals surface area contributed by atoms with Crippen LogP contribution >= 0.6 is 0 Å². The highest BCUT2D eigenvalue weighted by Gasteiger charge is 2.13. The molecule has 1 aliphatic heterocycles. The minimum absolute atomic E-state index is 0.184. The quantitative estimate of drug-likeness (QED) is 0.784. The van der Waals surface area contributed by atoms with Gasteiger partial charge in [-0.05, 0) is 54.8 Å². The van der Waals surface area contributed by atoms with Crippen molar-refractivity contribution in [2.45, 2.75) is 20.4 Å². The summed E-state index contributed by atoms with van der Waals surface area (Å²) in [7, 11) is 0. The Morgan fingerprint density at radius 1 is 1.08 bits per heavy atom. The fourth-order valence-corrected chi connectivity index (χ4v) is 2.85. The monoisotopic (exact) mass is 349 g/mol. The molecule has 0 fully saturated rings. The maximum absolute atomic E-state index is 12.8. The van der Waals surface area contributed by atoms with Gasteiger partial charge in [-0.25, -0.2) is 4.98 Å². The summed E-state index contributed by atoms with van der Waals surface area (Å²) in [5.74, 6) is 1.77. The van der Waals surface area contributed by atoms with Gasteiger partial charge < -0.3 is 14.8 Å². The van der Waals surface area contributed by atoms with Gasteiger partial charge in [0.25, 0.3) is 5.56 Å². The number of anilines is 1. The van der Waals surface area contributed by atoms with E-state index in [1.165, 1.54) is 5.56 Å². The van der Waals surface area contributed by atoms with Gasteiger partial charge in [-0.2, -0.15) is 0 Å². The molecule has 0 amide bonds. The van der Waals surface area contributed by atoms with Crippen molar-refractivity contribution in [3.8, 4) is 17.2 Å². The Balaban J connectivity index is 1.58. The number of fused-ring (bicyclic) bond motifs is 1. The lowest BCUT2D eigenvalue weighted by Gasteiger charge is -2.11. The van der Waals surface area contributed by atoms with Crippen LogP contribution < -0.4 is 20.3 Å². The molecule has 3 aromatic rings. The second kappa shape index (κ2) is 6.55. The zero-order valence-corrected chi connectivity index (χ0v) is 14.7. The Hall–Kier alpha value is -3.28. The van der Waals surface area contributed by atoms with Crippen molar-refractivity contribution >= 4 is 5.82 Å². The van der Waals surface area contributed by atoms with Gasteiger partial charge >= 0.3 is 0 Å².